The summed E-state index contributed by atoms with van der Waals surface area (Å²) < 4.78 is 0. The number of nitrogens with zero attached hydrogens (tertiary/aromatic N) is 6. The molecule has 0 amide bonds. The number of likely N-dealkylation sites (tertiary alicyclic amines) is 1. The van der Waals surface area contributed by atoms with Crippen LogP contribution in [0.25, 0.3) is 22.4 Å². The van der Waals surface area contributed by atoms with E-state index in [1.165, 1.54) is 19.4 Å². The van der Waals surface area contributed by atoms with Gasteiger partial charge in [0.1, 0.15) is 11.4 Å². The van der Waals surface area contributed by atoms with Crippen LogP contribution in [0.3, 0.4) is 0 Å². The highest BCUT2D eigenvalue weighted by atomic mass is 35.5. The predicted molar refractivity (Wildman–Crippen MR) is 165 cm³/mol. The van der Waals surface area contributed by atoms with Gasteiger partial charge in [0.25, 0.3) is 0 Å². The normalized spacial score (nSPS) is 22.7. The number of hydrogen-bond donors (Lipinski definition) is 2. The molecule has 2 unspecified atom stereocenters. The van der Waals surface area contributed by atoms with Crippen molar-refractivity contribution in [1.82, 2.24) is 19.8 Å². The molecule has 216 valence electrons. The number of aliphatic hydroxyl groups is 1. The van der Waals surface area contributed by atoms with Crippen molar-refractivity contribution >= 4 is 23.0 Å². The Morgan fingerprint density at radius 2 is 1.83 bits per heavy atom. The molecule has 2 saturated heterocycles. The number of aromatic hydroxyl groups is 1. The summed E-state index contributed by atoms with van der Waals surface area (Å²) >= 11 is 6.69. The first-order chi connectivity index (χ1) is 19.6. The van der Waals surface area contributed by atoms with Crippen molar-refractivity contribution < 1.29 is 10.2 Å². The van der Waals surface area contributed by atoms with E-state index in [1.807, 2.05) is 31.2 Å². The van der Waals surface area contributed by atoms with Gasteiger partial charge in [0.15, 0.2) is 0 Å². The quantitative estimate of drug-likeness (QED) is 0.399. The molecule has 3 aromatic rings. The Morgan fingerprint density at radius 1 is 1.02 bits per heavy atom. The molecule has 6 rings (SSSR count). The van der Waals surface area contributed by atoms with Crippen molar-refractivity contribution in [1.29, 1.82) is 0 Å². The fourth-order valence-corrected chi connectivity index (χ4v) is 7.22. The van der Waals surface area contributed by atoms with Gasteiger partial charge >= 0.3 is 0 Å². The van der Waals surface area contributed by atoms with Crippen molar-refractivity contribution in [3.05, 3.63) is 65.3 Å². The van der Waals surface area contributed by atoms with E-state index in [-0.39, 0.29) is 11.3 Å². The van der Waals surface area contributed by atoms with Gasteiger partial charge in [0, 0.05) is 67.1 Å². The SMILES string of the molecule is Cc1cc(-c2ccc(N3C=CN(C)C3O)c(Cl)c2)c(O)c(-c2cnc(C)c(N3CCC4(CCCN4C(C)C)C3)c2)n1. The molecule has 8 nitrogen and oxygen atoms in total. The molecule has 2 fully saturated rings. The zero-order valence-electron chi connectivity index (χ0n) is 24.5. The first-order valence-corrected chi connectivity index (χ1v) is 14.8. The van der Waals surface area contributed by atoms with E-state index in [0.29, 0.717) is 28.0 Å². The summed E-state index contributed by atoms with van der Waals surface area (Å²) in [5.74, 6) is 0.0940. The highest BCUT2D eigenvalue weighted by Crippen LogP contribution is 2.44. The highest BCUT2D eigenvalue weighted by molar-refractivity contribution is 6.33. The average Bonchev–Trinajstić information content (AvgIpc) is 3.65. The number of halogens is 1. The maximum absolute atomic E-state index is 11.5. The lowest BCUT2D eigenvalue weighted by atomic mass is 9.94. The standard InChI is InChI=1S/C32H39ClN6O2/c1-20(2)39-11-6-9-32(39)10-12-37(19-32)28-17-24(18-34-22(28)4)29-30(40)25(15-21(3)35-29)23-7-8-27(26(33)16-23)38-14-13-36(5)31(38)41/h7-8,13-18,20,31,40-41H,6,9-12,19H2,1-5H3. The van der Waals surface area contributed by atoms with Crippen LogP contribution in [0.4, 0.5) is 11.4 Å². The van der Waals surface area contributed by atoms with E-state index < -0.39 is 6.35 Å². The van der Waals surface area contributed by atoms with Gasteiger partial charge in [-0.3, -0.25) is 9.88 Å². The second-order valence-corrected chi connectivity index (χ2v) is 12.4. The highest BCUT2D eigenvalue weighted by Gasteiger charge is 2.47. The lowest BCUT2D eigenvalue weighted by Crippen LogP contribution is -2.49. The molecule has 5 heterocycles. The Labute approximate surface area is 247 Å². The number of aliphatic hydroxyl groups excluding tert-OH is 1. The van der Waals surface area contributed by atoms with Crippen LogP contribution in [-0.2, 0) is 0 Å². The Balaban J connectivity index is 1.33. The van der Waals surface area contributed by atoms with Crippen LogP contribution in [0.5, 0.6) is 5.75 Å². The summed E-state index contributed by atoms with van der Waals surface area (Å²) in [6.45, 7) is 11.8. The molecule has 2 N–H and O–H groups in total. The summed E-state index contributed by atoms with van der Waals surface area (Å²) in [5, 5.41) is 22.5. The fourth-order valence-electron chi connectivity index (χ4n) is 6.94. The van der Waals surface area contributed by atoms with Crippen molar-refractivity contribution in [2.24, 2.45) is 0 Å². The minimum absolute atomic E-state index is 0.0940. The molecular formula is C32H39ClN6O2. The monoisotopic (exact) mass is 574 g/mol. The van der Waals surface area contributed by atoms with Gasteiger partial charge in [-0.15, -0.1) is 0 Å². The molecule has 0 radical (unpaired) electrons. The summed E-state index contributed by atoms with van der Waals surface area (Å²) in [5.41, 5.74) is 6.50. The molecule has 2 aromatic heterocycles. The molecule has 0 aliphatic carbocycles. The minimum atomic E-state index is -0.822. The summed E-state index contributed by atoms with van der Waals surface area (Å²) in [6, 6.07) is 10.1. The van der Waals surface area contributed by atoms with Gasteiger partial charge < -0.3 is 24.9 Å². The Hall–Kier alpha value is -3.33. The third-order valence-corrected chi connectivity index (χ3v) is 9.32. The molecular weight excluding hydrogens is 536 g/mol. The van der Waals surface area contributed by atoms with Crippen molar-refractivity contribution in [2.75, 3.05) is 36.5 Å². The van der Waals surface area contributed by atoms with Crippen molar-refractivity contribution in [3.63, 3.8) is 0 Å². The Kier molecular flexibility index (Phi) is 7.12. The maximum atomic E-state index is 11.5. The fraction of sp³-hybridized carbons (Fsp3) is 0.438. The van der Waals surface area contributed by atoms with Gasteiger partial charge in [-0.05, 0) is 83.3 Å². The molecule has 41 heavy (non-hydrogen) atoms. The van der Waals surface area contributed by atoms with Gasteiger partial charge in [-0.25, -0.2) is 4.98 Å². The largest absolute Gasteiger partial charge is 0.505 e. The number of aryl methyl sites for hydroxylation is 2. The zero-order chi connectivity index (χ0) is 29.1. The molecule has 9 heteroatoms. The van der Waals surface area contributed by atoms with Crippen molar-refractivity contribution in [2.45, 2.75) is 64.9 Å². The minimum Gasteiger partial charge on any atom is -0.505 e. The molecule has 2 atom stereocenters. The number of hydrogen-bond acceptors (Lipinski definition) is 8. The summed E-state index contributed by atoms with van der Waals surface area (Å²) in [7, 11) is 1.80. The molecule has 0 saturated carbocycles. The first-order valence-electron chi connectivity index (χ1n) is 14.4. The van der Waals surface area contributed by atoms with Crippen LogP contribution < -0.4 is 9.80 Å². The lowest BCUT2D eigenvalue weighted by molar-refractivity contribution is 0.0729. The van der Waals surface area contributed by atoms with E-state index in [4.69, 9.17) is 21.6 Å². The average molecular weight is 575 g/mol. The molecule has 1 spiro atoms. The van der Waals surface area contributed by atoms with Gasteiger partial charge in [-0.2, -0.15) is 0 Å². The van der Waals surface area contributed by atoms with Crippen LogP contribution in [-0.4, -0.2) is 74.6 Å². The molecule has 1 aromatic carbocycles. The van der Waals surface area contributed by atoms with Crippen molar-refractivity contribution in [3.8, 4) is 28.1 Å². The first kappa shape index (κ1) is 27.8. The predicted octanol–water partition coefficient (Wildman–Crippen LogP) is 5.74. The van der Waals surface area contributed by atoms with E-state index in [1.54, 1.807) is 35.4 Å². The third kappa shape index (κ3) is 4.82. The van der Waals surface area contributed by atoms with E-state index in [2.05, 4.69) is 36.6 Å². The number of anilines is 2. The van der Waals surface area contributed by atoms with Crippen LogP contribution in [0.1, 0.15) is 44.5 Å². The molecule has 0 bridgehead atoms. The second kappa shape index (κ2) is 10.5. The Morgan fingerprint density at radius 3 is 2.54 bits per heavy atom. The van der Waals surface area contributed by atoms with Crippen LogP contribution >= 0.6 is 11.6 Å². The lowest BCUT2D eigenvalue weighted by Gasteiger charge is -2.38. The van der Waals surface area contributed by atoms with Gasteiger partial charge in [0.2, 0.25) is 6.35 Å². The zero-order valence-corrected chi connectivity index (χ0v) is 25.2. The van der Waals surface area contributed by atoms with E-state index in [0.717, 1.165) is 47.7 Å². The summed E-state index contributed by atoms with van der Waals surface area (Å²) in [4.78, 5) is 18.1. The second-order valence-electron chi connectivity index (χ2n) is 12.0. The van der Waals surface area contributed by atoms with Crippen LogP contribution in [0, 0.1) is 13.8 Å². The van der Waals surface area contributed by atoms with E-state index >= 15 is 0 Å². The molecule has 3 aliphatic rings. The summed E-state index contributed by atoms with van der Waals surface area (Å²) in [6.07, 6.45) is 8.21. The van der Waals surface area contributed by atoms with E-state index in [9.17, 15) is 10.2 Å². The number of benzene rings is 1. The third-order valence-electron chi connectivity index (χ3n) is 9.01. The van der Waals surface area contributed by atoms with Gasteiger partial charge in [0.05, 0.1) is 22.1 Å². The number of aromatic nitrogens is 2. The topological polar surface area (TPSA) is 79.2 Å². The Bertz CT molecular complexity index is 1510. The molecule has 3 aliphatic heterocycles. The van der Waals surface area contributed by atoms with Crippen LogP contribution in [0.2, 0.25) is 5.02 Å². The van der Waals surface area contributed by atoms with Crippen LogP contribution in [0.15, 0.2) is 48.9 Å². The maximum Gasteiger partial charge on any atom is 0.211 e. The number of rotatable bonds is 5. The number of pyridine rings is 2. The van der Waals surface area contributed by atoms with Gasteiger partial charge in [-0.1, -0.05) is 17.7 Å². The smallest absolute Gasteiger partial charge is 0.211 e.